The van der Waals surface area contributed by atoms with Crippen LogP contribution in [0.4, 0.5) is 0 Å². The average molecular weight is 289 g/mol. The third-order valence-corrected chi connectivity index (χ3v) is 3.83. The molecule has 0 bridgehead atoms. The number of halogens is 2. The third kappa shape index (κ3) is 4.77. The van der Waals surface area contributed by atoms with Crippen LogP contribution in [-0.4, -0.2) is 31.6 Å². The highest BCUT2D eigenvalue weighted by Gasteiger charge is 2.14. The van der Waals surface area contributed by atoms with Gasteiger partial charge in [0, 0.05) is 12.1 Å². The maximum absolute atomic E-state index is 6.22. The van der Waals surface area contributed by atoms with Gasteiger partial charge in [-0.2, -0.15) is 0 Å². The quantitative estimate of drug-likeness (QED) is 0.852. The summed E-state index contributed by atoms with van der Waals surface area (Å²) in [4.78, 5) is 2.19. The summed E-state index contributed by atoms with van der Waals surface area (Å²) in [5, 5.41) is 4.82. The average Bonchev–Trinajstić information content (AvgIpc) is 2.30. The van der Waals surface area contributed by atoms with E-state index in [9.17, 15) is 0 Å². The Morgan fingerprint density at radius 3 is 2.50 bits per heavy atom. The Balaban J connectivity index is 2.59. The summed E-state index contributed by atoms with van der Waals surface area (Å²) in [5.41, 5.74) is 1.06. The summed E-state index contributed by atoms with van der Waals surface area (Å²) in [6.45, 7) is 5.38. The second kappa shape index (κ2) is 7.34. The molecule has 18 heavy (non-hydrogen) atoms. The van der Waals surface area contributed by atoms with Crippen LogP contribution in [0.3, 0.4) is 0 Å². The molecule has 1 aromatic carbocycles. The first-order valence-corrected chi connectivity index (χ1v) is 7.02. The molecule has 0 spiro atoms. The first kappa shape index (κ1) is 15.8. The van der Waals surface area contributed by atoms with Gasteiger partial charge in [-0.3, -0.25) is 0 Å². The van der Waals surface area contributed by atoms with Crippen molar-refractivity contribution in [1.29, 1.82) is 0 Å². The van der Waals surface area contributed by atoms with Crippen molar-refractivity contribution in [3.8, 4) is 0 Å². The Morgan fingerprint density at radius 2 is 1.89 bits per heavy atom. The molecule has 0 fully saturated rings. The Hall–Kier alpha value is -0.280. The van der Waals surface area contributed by atoms with Crippen LogP contribution in [0.15, 0.2) is 18.2 Å². The number of hydrogen-bond donors (Lipinski definition) is 1. The lowest BCUT2D eigenvalue weighted by Gasteiger charge is -2.22. The topological polar surface area (TPSA) is 15.3 Å². The molecule has 4 heteroatoms. The molecule has 1 aromatic rings. The summed E-state index contributed by atoms with van der Waals surface area (Å²) in [5.74, 6) is 0. The highest BCUT2D eigenvalue weighted by molar-refractivity contribution is 6.42. The van der Waals surface area contributed by atoms with E-state index in [1.807, 2.05) is 18.2 Å². The molecule has 0 aliphatic carbocycles. The van der Waals surface area contributed by atoms with Gasteiger partial charge in [-0.1, -0.05) is 35.3 Å². The number of benzene rings is 1. The van der Waals surface area contributed by atoms with E-state index < -0.39 is 0 Å². The maximum atomic E-state index is 6.22. The molecule has 2 nitrogen and oxygen atoms in total. The minimum absolute atomic E-state index is 0.202. The van der Waals surface area contributed by atoms with Gasteiger partial charge in [0.25, 0.3) is 0 Å². The Bertz CT molecular complexity index is 380. The normalized spacial score (nSPS) is 14.8. The predicted molar refractivity (Wildman–Crippen MR) is 80.6 cm³/mol. The molecule has 0 aliphatic heterocycles. The molecule has 0 saturated heterocycles. The van der Waals surface area contributed by atoms with Crippen molar-refractivity contribution in [2.75, 3.05) is 20.6 Å². The van der Waals surface area contributed by atoms with Crippen molar-refractivity contribution < 1.29 is 0 Å². The minimum atomic E-state index is 0.202. The molecule has 2 atom stereocenters. The van der Waals surface area contributed by atoms with Gasteiger partial charge in [0.05, 0.1) is 10.0 Å². The fourth-order valence-electron chi connectivity index (χ4n) is 1.91. The van der Waals surface area contributed by atoms with Gasteiger partial charge in [-0.25, -0.2) is 0 Å². The van der Waals surface area contributed by atoms with Crippen molar-refractivity contribution in [3.05, 3.63) is 33.8 Å². The molecule has 0 amide bonds. The van der Waals surface area contributed by atoms with Crippen LogP contribution in [0.5, 0.6) is 0 Å². The fourth-order valence-corrected chi connectivity index (χ4v) is 2.38. The zero-order chi connectivity index (χ0) is 13.7. The van der Waals surface area contributed by atoms with E-state index >= 15 is 0 Å². The molecule has 102 valence electrons. The molecule has 1 N–H and O–H groups in total. The highest BCUT2D eigenvalue weighted by atomic mass is 35.5. The molecule has 0 saturated carbocycles. The highest BCUT2D eigenvalue weighted by Crippen LogP contribution is 2.29. The van der Waals surface area contributed by atoms with Crippen molar-refractivity contribution in [1.82, 2.24) is 10.2 Å². The van der Waals surface area contributed by atoms with Gasteiger partial charge in [-0.15, -0.1) is 0 Å². The van der Waals surface area contributed by atoms with Crippen LogP contribution < -0.4 is 5.32 Å². The van der Waals surface area contributed by atoms with Crippen molar-refractivity contribution >= 4 is 23.2 Å². The minimum Gasteiger partial charge on any atom is -0.309 e. The van der Waals surface area contributed by atoms with Gasteiger partial charge >= 0.3 is 0 Å². The van der Waals surface area contributed by atoms with E-state index in [1.54, 1.807) is 0 Å². The lowest BCUT2D eigenvalue weighted by molar-refractivity contribution is 0.354. The summed E-state index contributed by atoms with van der Waals surface area (Å²) >= 11 is 12.2. The predicted octanol–water partition coefficient (Wildman–Crippen LogP) is 3.98. The van der Waals surface area contributed by atoms with Crippen LogP contribution in [-0.2, 0) is 0 Å². The Kier molecular flexibility index (Phi) is 6.44. The lowest BCUT2D eigenvalue weighted by Crippen LogP contribution is -2.32. The van der Waals surface area contributed by atoms with E-state index in [1.165, 1.54) is 0 Å². The van der Waals surface area contributed by atoms with Gasteiger partial charge in [0.2, 0.25) is 0 Å². The third-order valence-electron chi connectivity index (χ3n) is 2.99. The number of rotatable bonds is 6. The van der Waals surface area contributed by atoms with Crippen molar-refractivity contribution in [2.24, 2.45) is 0 Å². The maximum Gasteiger partial charge on any atom is 0.0639 e. The van der Waals surface area contributed by atoms with Crippen LogP contribution >= 0.6 is 23.2 Å². The number of hydrogen-bond acceptors (Lipinski definition) is 2. The largest absolute Gasteiger partial charge is 0.309 e. The van der Waals surface area contributed by atoms with Gasteiger partial charge in [-0.05, 0) is 52.5 Å². The summed E-state index contributed by atoms with van der Waals surface area (Å²) in [6, 6.07) is 6.41. The van der Waals surface area contributed by atoms with Gasteiger partial charge in [0.1, 0.15) is 0 Å². The second-order valence-electron chi connectivity index (χ2n) is 5.02. The van der Waals surface area contributed by atoms with Crippen LogP contribution in [0.1, 0.15) is 31.9 Å². The van der Waals surface area contributed by atoms with E-state index in [4.69, 9.17) is 23.2 Å². The van der Waals surface area contributed by atoms with Gasteiger partial charge < -0.3 is 10.2 Å². The molecule has 1 rings (SSSR count). The number of nitrogens with one attached hydrogen (secondary N) is 1. The molecular weight excluding hydrogens is 267 g/mol. The Morgan fingerprint density at radius 1 is 1.22 bits per heavy atom. The summed E-state index contributed by atoms with van der Waals surface area (Å²) < 4.78 is 0. The van der Waals surface area contributed by atoms with Crippen LogP contribution in [0.2, 0.25) is 10.0 Å². The zero-order valence-electron chi connectivity index (χ0n) is 11.5. The molecule has 0 heterocycles. The standard InChI is InChI=1S/C14H22Cl2N2/c1-10(8-9-18(3)4)17-11(2)12-6-5-7-13(15)14(12)16/h5-7,10-11,17H,8-9H2,1-4H3. The lowest BCUT2D eigenvalue weighted by atomic mass is 10.1. The smallest absolute Gasteiger partial charge is 0.0639 e. The van der Waals surface area contributed by atoms with Crippen molar-refractivity contribution in [3.63, 3.8) is 0 Å². The number of nitrogens with zero attached hydrogens (tertiary/aromatic N) is 1. The molecule has 0 aliphatic rings. The van der Waals surface area contributed by atoms with Crippen LogP contribution in [0, 0.1) is 0 Å². The van der Waals surface area contributed by atoms with Crippen molar-refractivity contribution in [2.45, 2.75) is 32.4 Å². The van der Waals surface area contributed by atoms with Gasteiger partial charge in [0.15, 0.2) is 0 Å². The zero-order valence-corrected chi connectivity index (χ0v) is 13.0. The molecular formula is C14H22Cl2N2. The summed E-state index contributed by atoms with van der Waals surface area (Å²) in [7, 11) is 4.17. The SMILES string of the molecule is CC(CCN(C)C)NC(C)c1cccc(Cl)c1Cl. The summed E-state index contributed by atoms with van der Waals surface area (Å²) in [6.07, 6.45) is 1.11. The van der Waals surface area contributed by atoms with E-state index in [2.05, 4.69) is 38.2 Å². The first-order chi connectivity index (χ1) is 8.41. The second-order valence-corrected chi connectivity index (χ2v) is 5.81. The first-order valence-electron chi connectivity index (χ1n) is 6.26. The fraction of sp³-hybridized carbons (Fsp3) is 0.571. The van der Waals surface area contributed by atoms with E-state index in [-0.39, 0.29) is 6.04 Å². The van der Waals surface area contributed by atoms with Crippen LogP contribution in [0.25, 0.3) is 0 Å². The molecule has 2 unspecified atom stereocenters. The molecule has 0 radical (unpaired) electrons. The van der Waals surface area contributed by atoms with E-state index in [0.29, 0.717) is 16.1 Å². The van der Waals surface area contributed by atoms with E-state index in [0.717, 1.165) is 18.5 Å². The monoisotopic (exact) mass is 288 g/mol. The Labute approximate surface area is 120 Å². The molecule has 0 aromatic heterocycles.